The molecular formula is C14H9Cl2FN2OS. The van der Waals surface area contributed by atoms with Gasteiger partial charge in [-0.15, -0.1) is 0 Å². The second-order valence-electron chi connectivity index (χ2n) is 4.14. The van der Waals surface area contributed by atoms with Crippen LogP contribution >= 0.6 is 35.4 Å². The summed E-state index contributed by atoms with van der Waals surface area (Å²) in [7, 11) is 0. The van der Waals surface area contributed by atoms with E-state index in [0.29, 0.717) is 11.1 Å². The summed E-state index contributed by atoms with van der Waals surface area (Å²) in [4.78, 5) is 12.4. The Labute approximate surface area is 135 Å². The van der Waals surface area contributed by atoms with Crippen LogP contribution in [-0.4, -0.2) is 10.9 Å². The van der Waals surface area contributed by atoms with Gasteiger partial charge in [-0.1, -0.05) is 47.6 Å². The molecule has 0 unspecified atom stereocenters. The van der Waals surface area contributed by atoms with Crippen LogP contribution in [0.1, 0.15) is 15.9 Å². The number of benzene rings is 2. The lowest BCUT2D eigenvalue weighted by atomic mass is 10.1. The molecule has 0 aliphatic rings. The normalized spacial score (nSPS) is 10.2. The highest BCUT2D eigenvalue weighted by Gasteiger charge is 2.13. The summed E-state index contributed by atoms with van der Waals surface area (Å²) in [6, 6.07) is 8.60. The van der Waals surface area contributed by atoms with Gasteiger partial charge < -0.3 is 11.1 Å². The van der Waals surface area contributed by atoms with Gasteiger partial charge in [0, 0.05) is 11.1 Å². The summed E-state index contributed by atoms with van der Waals surface area (Å²) in [5.41, 5.74) is 6.55. The molecule has 0 saturated heterocycles. The lowest BCUT2D eigenvalue weighted by molar-refractivity contribution is 0.102. The SMILES string of the molecule is NC(=S)c1cccc(C(=O)Nc2c(Cl)cc(F)cc2Cl)c1. The van der Waals surface area contributed by atoms with Crippen LogP contribution in [0.4, 0.5) is 10.1 Å². The highest BCUT2D eigenvalue weighted by atomic mass is 35.5. The topological polar surface area (TPSA) is 55.1 Å². The summed E-state index contributed by atoms with van der Waals surface area (Å²) >= 11 is 16.6. The Balaban J connectivity index is 2.30. The molecule has 0 aliphatic carbocycles. The summed E-state index contributed by atoms with van der Waals surface area (Å²) in [5, 5.41) is 2.56. The number of hydrogen-bond donors (Lipinski definition) is 2. The van der Waals surface area contributed by atoms with Crippen LogP contribution in [0.3, 0.4) is 0 Å². The molecule has 108 valence electrons. The van der Waals surface area contributed by atoms with Crippen molar-refractivity contribution in [1.82, 2.24) is 0 Å². The van der Waals surface area contributed by atoms with Gasteiger partial charge in [0.25, 0.3) is 5.91 Å². The number of hydrogen-bond acceptors (Lipinski definition) is 2. The van der Waals surface area contributed by atoms with E-state index in [-0.39, 0.29) is 20.7 Å². The predicted octanol–water partition coefficient (Wildman–Crippen LogP) is 4.02. The number of nitrogens with two attached hydrogens (primary N) is 1. The van der Waals surface area contributed by atoms with Crippen LogP contribution in [0.15, 0.2) is 36.4 Å². The van der Waals surface area contributed by atoms with Crippen molar-refractivity contribution in [2.75, 3.05) is 5.32 Å². The van der Waals surface area contributed by atoms with Crippen LogP contribution in [-0.2, 0) is 0 Å². The maximum Gasteiger partial charge on any atom is 0.255 e. The van der Waals surface area contributed by atoms with Crippen LogP contribution in [0, 0.1) is 5.82 Å². The van der Waals surface area contributed by atoms with Gasteiger partial charge in [-0.25, -0.2) is 4.39 Å². The van der Waals surface area contributed by atoms with E-state index in [1.165, 1.54) is 0 Å². The lowest BCUT2D eigenvalue weighted by Crippen LogP contribution is -2.15. The number of halogens is 3. The van der Waals surface area contributed by atoms with Gasteiger partial charge in [-0.05, 0) is 24.3 Å². The number of thiocarbonyl (C=S) groups is 1. The van der Waals surface area contributed by atoms with Crippen molar-refractivity contribution >= 4 is 52.0 Å². The highest BCUT2D eigenvalue weighted by Crippen LogP contribution is 2.31. The zero-order valence-corrected chi connectivity index (χ0v) is 12.8. The van der Waals surface area contributed by atoms with Crippen molar-refractivity contribution in [3.8, 4) is 0 Å². The van der Waals surface area contributed by atoms with E-state index in [1.54, 1.807) is 24.3 Å². The van der Waals surface area contributed by atoms with Crippen LogP contribution in [0.2, 0.25) is 10.0 Å². The van der Waals surface area contributed by atoms with Crippen LogP contribution in [0.5, 0.6) is 0 Å². The first-order valence-electron chi connectivity index (χ1n) is 5.74. The number of anilines is 1. The first kappa shape index (κ1) is 15.7. The smallest absolute Gasteiger partial charge is 0.255 e. The lowest BCUT2D eigenvalue weighted by Gasteiger charge is -2.10. The van der Waals surface area contributed by atoms with Gasteiger partial charge in [0.1, 0.15) is 10.8 Å². The maximum absolute atomic E-state index is 13.1. The molecule has 0 spiro atoms. The van der Waals surface area contributed by atoms with Crippen molar-refractivity contribution in [2.24, 2.45) is 5.73 Å². The molecule has 0 atom stereocenters. The van der Waals surface area contributed by atoms with Crippen LogP contribution < -0.4 is 11.1 Å². The number of rotatable bonds is 3. The molecule has 0 aromatic heterocycles. The molecule has 0 bridgehead atoms. The zero-order chi connectivity index (χ0) is 15.6. The quantitative estimate of drug-likeness (QED) is 0.828. The van der Waals surface area contributed by atoms with Crippen molar-refractivity contribution < 1.29 is 9.18 Å². The molecule has 21 heavy (non-hydrogen) atoms. The molecule has 3 nitrogen and oxygen atoms in total. The third kappa shape index (κ3) is 3.69. The van der Waals surface area contributed by atoms with Crippen LogP contribution in [0.25, 0.3) is 0 Å². The first-order valence-corrected chi connectivity index (χ1v) is 6.90. The maximum atomic E-state index is 13.1. The number of nitrogens with one attached hydrogen (secondary N) is 1. The molecule has 3 N–H and O–H groups in total. The Morgan fingerprint density at radius 2 is 1.71 bits per heavy atom. The molecule has 0 saturated carbocycles. The fraction of sp³-hybridized carbons (Fsp3) is 0. The summed E-state index contributed by atoms with van der Waals surface area (Å²) in [6.07, 6.45) is 0. The molecule has 0 aliphatic heterocycles. The number of amides is 1. The molecule has 2 aromatic rings. The van der Waals surface area contributed by atoms with Crippen molar-refractivity contribution in [1.29, 1.82) is 0 Å². The first-order chi connectivity index (χ1) is 9.88. The fourth-order valence-corrected chi connectivity index (χ4v) is 2.34. The third-order valence-corrected chi connectivity index (χ3v) is 3.49. The molecule has 1 amide bonds. The minimum atomic E-state index is -0.585. The monoisotopic (exact) mass is 342 g/mol. The molecule has 0 heterocycles. The van der Waals surface area contributed by atoms with E-state index in [0.717, 1.165) is 12.1 Å². The standard InChI is InChI=1S/C14H9Cl2FN2OS/c15-10-5-9(17)6-11(16)12(10)19-14(20)8-3-1-2-7(4-8)13(18)21/h1-6H,(H2,18,21)(H,19,20). The summed E-state index contributed by atoms with van der Waals surface area (Å²) in [6.45, 7) is 0. The molecular weight excluding hydrogens is 334 g/mol. The second-order valence-corrected chi connectivity index (χ2v) is 5.40. The second kappa shape index (κ2) is 6.39. The van der Waals surface area contributed by atoms with Gasteiger partial charge in [0.2, 0.25) is 0 Å². The largest absolute Gasteiger partial charge is 0.389 e. The summed E-state index contributed by atoms with van der Waals surface area (Å²) < 4.78 is 13.1. The zero-order valence-electron chi connectivity index (χ0n) is 10.5. The van der Waals surface area contributed by atoms with E-state index in [1.807, 2.05) is 0 Å². The van der Waals surface area contributed by atoms with Gasteiger partial charge in [0.15, 0.2) is 0 Å². The predicted molar refractivity (Wildman–Crippen MR) is 86.7 cm³/mol. The van der Waals surface area contributed by atoms with Gasteiger partial charge in [-0.2, -0.15) is 0 Å². The average Bonchev–Trinajstić information content (AvgIpc) is 2.42. The van der Waals surface area contributed by atoms with Crippen molar-refractivity contribution in [3.63, 3.8) is 0 Å². The Morgan fingerprint density at radius 3 is 2.29 bits per heavy atom. The Kier molecular flexibility index (Phi) is 4.77. The average molecular weight is 343 g/mol. The van der Waals surface area contributed by atoms with E-state index in [4.69, 9.17) is 41.2 Å². The third-order valence-electron chi connectivity index (χ3n) is 2.65. The molecule has 0 fully saturated rings. The minimum absolute atomic E-state index is 0.0128. The molecule has 2 aromatic carbocycles. The Morgan fingerprint density at radius 1 is 1.14 bits per heavy atom. The number of carbonyl (C=O) groups is 1. The highest BCUT2D eigenvalue weighted by molar-refractivity contribution is 7.80. The van der Waals surface area contributed by atoms with E-state index in [2.05, 4.69) is 5.32 Å². The minimum Gasteiger partial charge on any atom is -0.389 e. The van der Waals surface area contributed by atoms with E-state index < -0.39 is 11.7 Å². The Hall–Kier alpha value is -1.69. The molecule has 2 rings (SSSR count). The Bertz CT molecular complexity index is 714. The van der Waals surface area contributed by atoms with Gasteiger partial charge in [-0.3, -0.25) is 4.79 Å². The fourth-order valence-electron chi connectivity index (χ4n) is 1.66. The summed E-state index contributed by atoms with van der Waals surface area (Å²) in [5.74, 6) is -1.04. The van der Waals surface area contributed by atoms with E-state index in [9.17, 15) is 9.18 Å². The molecule has 0 radical (unpaired) electrons. The van der Waals surface area contributed by atoms with Gasteiger partial charge in [0.05, 0.1) is 15.7 Å². The van der Waals surface area contributed by atoms with E-state index >= 15 is 0 Å². The molecule has 7 heteroatoms. The van der Waals surface area contributed by atoms with Crippen molar-refractivity contribution in [2.45, 2.75) is 0 Å². The number of carbonyl (C=O) groups excluding carboxylic acids is 1. The van der Waals surface area contributed by atoms with Crippen molar-refractivity contribution in [3.05, 3.63) is 63.4 Å². The van der Waals surface area contributed by atoms with Gasteiger partial charge >= 0.3 is 0 Å².